The van der Waals surface area contributed by atoms with Crippen LogP contribution in [0.5, 0.6) is 0 Å². The van der Waals surface area contributed by atoms with Crippen LogP contribution < -0.4 is 15.2 Å². The quantitative estimate of drug-likeness (QED) is 0.737. The van der Waals surface area contributed by atoms with Crippen LogP contribution in [0.15, 0.2) is 16.9 Å². The highest BCUT2D eigenvalue weighted by molar-refractivity contribution is 5.83. The second-order valence-electron chi connectivity index (χ2n) is 7.82. The Morgan fingerprint density at radius 1 is 1.21 bits per heavy atom. The minimum Gasteiger partial charge on any atom is -0.358 e. The summed E-state index contributed by atoms with van der Waals surface area (Å²) in [6, 6.07) is 4.85. The van der Waals surface area contributed by atoms with Gasteiger partial charge in [-0.3, -0.25) is 4.79 Å². The van der Waals surface area contributed by atoms with Gasteiger partial charge in [-0.1, -0.05) is 6.07 Å². The molecule has 1 aliphatic heterocycles. The first-order valence-corrected chi connectivity index (χ1v) is 9.13. The smallest absolute Gasteiger partial charge is 0.198 e. The summed E-state index contributed by atoms with van der Waals surface area (Å²) in [5.74, 6) is 0. The Balaban J connectivity index is 1.93. The van der Waals surface area contributed by atoms with E-state index in [9.17, 15) is 4.79 Å². The summed E-state index contributed by atoms with van der Waals surface area (Å²) in [7, 11) is 4.52. The number of benzene rings is 1. The molecule has 0 aliphatic carbocycles. The van der Waals surface area contributed by atoms with Gasteiger partial charge in [0.2, 0.25) is 0 Å². The molecule has 1 unspecified atom stereocenters. The molecule has 1 aliphatic rings. The highest BCUT2D eigenvalue weighted by Gasteiger charge is 2.27. The van der Waals surface area contributed by atoms with Crippen LogP contribution in [0.4, 0.5) is 0 Å². The molecule has 0 radical (unpaired) electrons. The molecule has 130 valence electrons. The fourth-order valence-electron chi connectivity index (χ4n) is 4.21. The number of pyridine rings is 1. The summed E-state index contributed by atoms with van der Waals surface area (Å²) >= 11 is 0. The number of quaternary nitrogens is 2. The summed E-state index contributed by atoms with van der Waals surface area (Å²) in [4.78, 5) is 19.7. The molecule has 1 aromatic carbocycles. The average molecular weight is 329 g/mol. The van der Waals surface area contributed by atoms with Crippen LogP contribution >= 0.6 is 0 Å². The molecule has 4 heteroatoms. The summed E-state index contributed by atoms with van der Waals surface area (Å²) in [6.07, 6.45) is 2.50. The number of aryl methyl sites for hydroxylation is 3. The fourth-order valence-corrected chi connectivity index (χ4v) is 4.21. The Labute approximate surface area is 144 Å². The van der Waals surface area contributed by atoms with Gasteiger partial charge in [0.1, 0.15) is 6.54 Å². The normalized spacial score (nSPS) is 22.7. The number of aromatic amines is 1. The van der Waals surface area contributed by atoms with Crippen LogP contribution in [0.1, 0.15) is 35.2 Å². The Morgan fingerprint density at radius 2 is 1.88 bits per heavy atom. The van der Waals surface area contributed by atoms with Crippen LogP contribution in [0.25, 0.3) is 10.9 Å². The molecule has 1 fully saturated rings. The van der Waals surface area contributed by atoms with Gasteiger partial charge in [-0.15, -0.1) is 0 Å². The number of rotatable bonds is 3. The van der Waals surface area contributed by atoms with Crippen molar-refractivity contribution in [3.63, 3.8) is 0 Å². The van der Waals surface area contributed by atoms with E-state index in [4.69, 9.17) is 0 Å². The standard InChI is InChI=1S/C20H29N3O/c1-13-10-14(2)19-18(11-13)21-15(3)17(20(19)24)12-23(5)16-6-8-22(4)9-7-16/h10-11,16H,6-9,12H2,1-5H3,(H,21,24)/p+2. The predicted molar refractivity (Wildman–Crippen MR) is 99.0 cm³/mol. The van der Waals surface area contributed by atoms with E-state index < -0.39 is 0 Å². The Hall–Kier alpha value is -1.65. The Bertz CT molecular complexity index is 801. The lowest BCUT2D eigenvalue weighted by atomic mass is 10.0. The zero-order chi connectivity index (χ0) is 17.4. The third kappa shape index (κ3) is 3.26. The largest absolute Gasteiger partial charge is 0.358 e. The minimum absolute atomic E-state index is 0.219. The van der Waals surface area contributed by atoms with E-state index >= 15 is 0 Å². The minimum atomic E-state index is 0.219. The van der Waals surface area contributed by atoms with Gasteiger partial charge in [-0.2, -0.15) is 0 Å². The van der Waals surface area contributed by atoms with E-state index in [2.05, 4.69) is 38.1 Å². The molecule has 0 bridgehead atoms. The summed E-state index contributed by atoms with van der Waals surface area (Å²) < 4.78 is 0. The molecule has 0 amide bonds. The Kier molecular flexibility index (Phi) is 4.79. The number of H-pyrrole nitrogens is 1. The molecule has 3 N–H and O–H groups in total. The molecular weight excluding hydrogens is 298 g/mol. The van der Waals surface area contributed by atoms with Gasteiger partial charge < -0.3 is 14.8 Å². The molecule has 1 aromatic heterocycles. The summed E-state index contributed by atoms with van der Waals surface area (Å²) in [6.45, 7) is 9.46. The van der Waals surface area contributed by atoms with Crippen LogP contribution in [0, 0.1) is 20.8 Å². The van der Waals surface area contributed by atoms with E-state index in [-0.39, 0.29) is 5.43 Å². The van der Waals surface area contributed by atoms with Crippen molar-refractivity contribution in [1.29, 1.82) is 0 Å². The van der Waals surface area contributed by atoms with Gasteiger partial charge in [0.05, 0.1) is 44.3 Å². The molecule has 3 rings (SSSR count). The maximum Gasteiger partial charge on any atom is 0.198 e. The zero-order valence-corrected chi connectivity index (χ0v) is 15.7. The molecule has 24 heavy (non-hydrogen) atoms. The number of nitrogens with one attached hydrogen (secondary N) is 3. The van der Waals surface area contributed by atoms with Gasteiger partial charge in [0, 0.05) is 23.9 Å². The highest BCUT2D eigenvalue weighted by atomic mass is 16.1. The number of likely N-dealkylation sites (tertiary alicyclic amines) is 1. The number of aromatic nitrogens is 1. The summed E-state index contributed by atoms with van der Waals surface area (Å²) in [5, 5.41) is 0.863. The van der Waals surface area contributed by atoms with Gasteiger partial charge >= 0.3 is 0 Å². The fraction of sp³-hybridized carbons (Fsp3) is 0.550. The molecule has 2 heterocycles. The predicted octanol–water partition coefficient (Wildman–Crippen LogP) is 0.145. The second-order valence-corrected chi connectivity index (χ2v) is 7.82. The first-order chi connectivity index (χ1) is 11.4. The Morgan fingerprint density at radius 3 is 2.54 bits per heavy atom. The molecule has 0 spiro atoms. The lowest BCUT2D eigenvalue weighted by Crippen LogP contribution is -3.17. The number of fused-ring (bicyclic) bond motifs is 1. The molecule has 0 saturated carbocycles. The van der Waals surface area contributed by atoms with Gasteiger partial charge in [0.15, 0.2) is 5.43 Å². The van der Waals surface area contributed by atoms with Crippen molar-refractivity contribution in [2.24, 2.45) is 0 Å². The van der Waals surface area contributed by atoms with Gasteiger partial charge in [0.25, 0.3) is 0 Å². The highest BCUT2D eigenvalue weighted by Crippen LogP contribution is 2.17. The van der Waals surface area contributed by atoms with E-state index in [0.29, 0.717) is 6.04 Å². The van der Waals surface area contributed by atoms with Crippen molar-refractivity contribution >= 4 is 10.9 Å². The summed E-state index contributed by atoms with van der Waals surface area (Å²) in [5.41, 5.74) is 5.44. The van der Waals surface area contributed by atoms with Gasteiger partial charge in [-0.25, -0.2) is 0 Å². The maximum atomic E-state index is 13.1. The monoisotopic (exact) mass is 329 g/mol. The third-order valence-electron chi connectivity index (χ3n) is 5.75. The van der Waals surface area contributed by atoms with E-state index in [0.717, 1.165) is 34.3 Å². The van der Waals surface area contributed by atoms with Crippen molar-refractivity contribution in [2.45, 2.75) is 46.2 Å². The van der Waals surface area contributed by atoms with Crippen LogP contribution in [-0.2, 0) is 6.54 Å². The van der Waals surface area contributed by atoms with Crippen molar-refractivity contribution < 1.29 is 9.80 Å². The molecule has 4 nitrogen and oxygen atoms in total. The van der Waals surface area contributed by atoms with E-state index in [1.54, 1.807) is 4.90 Å². The SMILES string of the molecule is Cc1cc(C)c2c(=O)c(C[NH+](C)C3CC[NH+](C)CC3)c(C)[nH]c2c1. The molecule has 1 saturated heterocycles. The van der Waals surface area contributed by atoms with E-state index in [1.165, 1.54) is 36.4 Å². The maximum absolute atomic E-state index is 13.1. The molecule has 2 aromatic rings. The van der Waals surface area contributed by atoms with Crippen molar-refractivity contribution in [3.05, 3.63) is 44.7 Å². The van der Waals surface area contributed by atoms with Crippen molar-refractivity contribution in [1.82, 2.24) is 4.98 Å². The van der Waals surface area contributed by atoms with Crippen LogP contribution in [-0.4, -0.2) is 38.2 Å². The lowest BCUT2D eigenvalue weighted by molar-refractivity contribution is -0.948. The zero-order valence-electron chi connectivity index (χ0n) is 15.7. The van der Waals surface area contributed by atoms with Crippen LogP contribution in [0.3, 0.4) is 0 Å². The topological polar surface area (TPSA) is 41.7 Å². The third-order valence-corrected chi connectivity index (χ3v) is 5.75. The number of hydrogen-bond donors (Lipinski definition) is 3. The first-order valence-electron chi connectivity index (χ1n) is 9.13. The second kappa shape index (κ2) is 6.69. The van der Waals surface area contributed by atoms with Crippen LogP contribution in [0.2, 0.25) is 0 Å². The first kappa shape index (κ1) is 17.2. The number of piperidine rings is 1. The molecule has 1 atom stereocenters. The van der Waals surface area contributed by atoms with Crippen molar-refractivity contribution in [3.8, 4) is 0 Å². The average Bonchev–Trinajstić information content (AvgIpc) is 2.50. The van der Waals surface area contributed by atoms with Gasteiger partial charge in [-0.05, 0) is 38.0 Å². The lowest BCUT2D eigenvalue weighted by Gasteiger charge is -2.30. The van der Waals surface area contributed by atoms with Crippen molar-refractivity contribution in [2.75, 3.05) is 27.2 Å². The number of hydrogen-bond acceptors (Lipinski definition) is 1. The molecular formula is C20H31N3O+2. The van der Waals surface area contributed by atoms with E-state index in [1.807, 2.05) is 13.8 Å².